The van der Waals surface area contributed by atoms with Gasteiger partial charge in [0.25, 0.3) is 0 Å². The van der Waals surface area contributed by atoms with Crippen molar-refractivity contribution in [2.75, 3.05) is 23.3 Å². The second-order valence-corrected chi connectivity index (χ2v) is 6.08. The summed E-state index contributed by atoms with van der Waals surface area (Å²) in [6.45, 7) is 8.38. The molecule has 1 aliphatic heterocycles. The van der Waals surface area contributed by atoms with Crippen LogP contribution in [0.4, 0.5) is 16.3 Å². The number of urea groups is 1. The van der Waals surface area contributed by atoms with Crippen molar-refractivity contribution in [1.82, 2.24) is 20.1 Å². The number of rotatable bonds is 4. The standard InChI is InChI=1S/C17H24N6O/c1-4-23-13(3)16(12(2)21-23)20-17(24)19-14-8-10-22(11-14)15-7-5-6-9-18-15/h5-7,9,14H,4,8,10-11H2,1-3H3,(H2,19,20,24). The van der Waals surface area contributed by atoms with E-state index >= 15 is 0 Å². The summed E-state index contributed by atoms with van der Waals surface area (Å²) < 4.78 is 1.89. The first-order valence-electron chi connectivity index (χ1n) is 8.36. The molecule has 1 unspecified atom stereocenters. The van der Waals surface area contributed by atoms with E-state index in [1.54, 1.807) is 6.20 Å². The first-order chi connectivity index (χ1) is 11.6. The van der Waals surface area contributed by atoms with Gasteiger partial charge < -0.3 is 15.5 Å². The number of carbonyl (C=O) groups excluding carboxylic acids is 1. The molecule has 3 rings (SSSR count). The van der Waals surface area contributed by atoms with Crippen molar-refractivity contribution in [2.24, 2.45) is 0 Å². The van der Waals surface area contributed by atoms with Crippen LogP contribution in [0.15, 0.2) is 24.4 Å². The van der Waals surface area contributed by atoms with Gasteiger partial charge in [0.1, 0.15) is 5.82 Å². The first kappa shape index (κ1) is 16.3. The lowest BCUT2D eigenvalue weighted by molar-refractivity contribution is 0.249. The maximum atomic E-state index is 12.3. The highest BCUT2D eigenvalue weighted by atomic mass is 16.2. The molecule has 1 aliphatic rings. The maximum Gasteiger partial charge on any atom is 0.319 e. The van der Waals surface area contributed by atoms with E-state index in [-0.39, 0.29) is 12.1 Å². The molecule has 2 aromatic heterocycles. The van der Waals surface area contributed by atoms with Gasteiger partial charge in [0.2, 0.25) is 0 Å². The Hall–Kier alpha value is -2.57. The third kappa shape index (κ3) is 3.34. The van der Waals surface area contributed by atoms with Crippen LogP contribution in [-0.4, -0.2) is 39.9 Å². The summed E-state index contributed by atoms with van der Waals surface area (Å²) in [6, 6.07) is 5.82. The second-order valence-electron chi connectivity index (χ2n) is 6.08. The molecule has 0 radical (unpaired) electrons. The van der Waals surface area contributed by atoms with Gasteiger partial charge >= 0.3 is 6.03 Å². The number of nitrogens with one attached hydrogen (secondary N) is 2. The van der Waals surface area contributed by atoms with E-state index < -0.39 is 0 Å². The minimum absolute atomic E-state index is 0.119. The van der Waals surface area contributed by atoms with Crippen LogP contribution in [0, 0.1) is 13.8 Å². The number of anilines is 2. The number of aryl methyl sites for hydroxylation is 2. The number of carbonyl (C=O) groups is 1. The number of nitrogens with zero attached hydrogens (tertiary/aromatic N) is 4. The largest absolute Gasteiger partial charge is 0.354 e. The van der Waals surface area contributed by atoms with Crippen molar-refractivity contribution in [3.63, 3.8) is 0 Å². The Morgan fingerprint density at radius 1 is 1.38 bits per heavy atom. The summed E-state index contributed by atoms with van der Waals surface area (Å²) >= 11 is 0. The topological polar surface area (TPSA) is 75.1 Å². The summed E-state index contributed by atoms with van der Waals surface area (Å²) in [5, 5.41) is 10.4. The van der Waals surface area contributed by atoms with E-state index in [0.717, 1.165) is 48.9 Å². The zero-order valence-corrected chi connectivity index (χ0v) is 14.4. The first-order valence-corrected chi connectivity index (χ1v) is 8.36. The number of hydrogen-bond donors (Lipinski definition) is 2. The van der Waals surface area contributed by atoms with Crippen molar-refractivity contribution >= 4 is 17.5 Å². The third-order valence-corrected chi connectivity index (χ3v) is 4.42. The van der Waals surface area contributed by atoms with Crippen molar-refractivity contribution in [3.05, 3.63) is 35.8 Å². The molecular formula is C17H24N6O. The zero-order valence-electron chi connectivity index (χ0n) is 14.4. The predicted molar refractivity (Wildman–Crippen MR) is 94.4 cm³/mol. The van der Waals surface area contributed by atoms with Crippen molar-refractivity contribution < 1.29 is 4.79 Å². The van der Waals surface area contributed by atoms with Crippen LogP contribution < -0.4 is 15.5 Å². The molecule has 0 aromatic carbocycles. The molecule has 128 valence electrons. The molecule has 0 spiro atoms. The fourth-order valence-corrected chi connectivity index (χ4v) is 3.15. The van der Waals surface area contributed by atoms with Crippen LogP contribution in [0.1, 0.15) is 24.7 Å². The summed E-state index contributed by atoms with van der Waals surface area (Å²) in [4.78, 5) is 18.9. The lowest BCUT2D eigenvalue weighted by atomic mass is 10.2. The third-order valence-electron chi connectivity index (χ3n) is 4.42. The Kier molecular flexibility index (Phi) is 4.69. The van der Waals surface area contributed by atoms with Crippen LogP contribution >= 0.6 is 0 Å². The molecule has 1 atom stereocenters. The Morgan fingerprint density at radius 3 is 2.88 bits per heavy atom. The molecule has 1 fully saturated rings. The molecule has 7 nitrogen and oxygen atoms in total. The van der Waals surface area contributed by atoms with E-state index in [2.05, 4.69) is 25.6 Å². The molecule has 0 bridgehead atoms. The minimum atomic E-state index is -0.176. The molecule has 0 aliphatic carbocycles. The summed E-state index contributed by atoms with van der Waals surface area (Å²) in [6.07, 6.45) is 2.70. The Morgan fingerprint density at radius 2 is 2.21 bits per heavy atom. The van der Waals surface area contributed by atoms with Gasteiger partial charge in [0.15, 0.2) is 0 Å². The highest BCUT2D eigenvalue weighted by Gasteiger charge is 2.25. The quantitative estimate of drug-likeness (QED) is 0.903. The monoisotopic (exact) mass is 328 g/mol. The molecule has 1 saturated heterocycles. The number of pyridine rings is 1. The molecule has 24 heavy (non-hydrogen) atoms. The average Bonchev–Trinajstić information content (AvgIpc) is 3.15. The van der Waals surface area contributed by atoms with E-state index in [9.17, 15) is 4.79 Å². The van der Waals surface area contributed by atoms with Crippen LogP contribution in [0.25, 0.3) is 0 Å². The van der Waals surface area contributed by atoms with Gasteiger partial charge in [-0.1, -0.05) is 6.07 Å². The highest BCUT2D eigenvalue weighted by molar-refractivity contribution is 5.90. The van der Waals surface area contributed by atoms with Crippen LogP contribution in [-0.2, 0) is 6.54 Å². The second kappa shape index (κ2) is 6.90. The fraction of sp³-hybridized carbons (Fsp3) is 0.471. The van der Waals surface area contributed by atoms with Gasteiger partial charge in [-0.2, -0.15) is 5.10 Å². The van der Waals surface area contributed by atoms with E-state index in [1.807, 2.05) is 43.7 Å². The Labute approximate surface area is 142 Å². The van der Waals surface area contributed by atoms with Crippen LogP contribution in [0.5, 0.6) is 0 Å². The van der Waals surface area contributed by atoms with Crippen LogP contribution in [0.2, 0.25) is 0 Å². The highest BCUT2D eigenvalue weighted by Crippen LogP contribution is 2.20. The smallest absolute Gasteiger partial charge is 0.319 e. The van der Waals surface area contributed by atoms with Gasteiger partial charge in [-0.25, -0.2) is 9.78 Å². The SMILES string of the molecule is CCn1nc(C)c(NC(=O)NC2CCN(c3ccccn3)C2)c1C. The molecule has 2 aromatic rings. The minimum Gasteiger partial charge on any atom is -0.354 e. The van der Waals surface area contributed by atoms with Crippen LogP contribution in [0.3, 0.4) is 0 Å². The molecule has 2 N–H and O–H groups in total. The molecular weight excluding hydrogens is 304 g/mol. The summed E-state index contributed by atoms with van der Waals surface area (Å²) in [5.41, 5.74) is 2.62. The Bertz CT molecular complexity index is 711. The summed E-state index contributed by atoms with van der Waals surface area (Å²) in [7, 11) is 0. The lowest BCUT2D eigenvalue weighted by Gasteiger charge is -2.18. The maximum absolute atomic E-state index is 12.3. The lowest BCUT2D eigenvalue weighted by Crippen LogP contribution is -2.40. The van der Waals surface area contributed by atoms with E-state index in [1.165, 1.54) is 0 Å². The van der Waals surface area contributed by atoms with Gasteiger partial charge in [0.05, 0.1) is 17.1 Å². The number of aromatic nitrogens is 3. The van der Waals surface area contributed by atoms with Gasteiger partial charge in [0, 0.05) is 31.9 Å². The number of hydrogen-bond acceptors (Lipinski definition) is 4. The molecule has 3 heterocycles. The van der Waals surface area contributed by atoms with Crippen molar-refractivity contribution in [3.8, 4) is 0 Å². The zero-order chi connectivity index (χ0) is 17.1. The normalized spacial score (nSPS) is 17.1. The predicted octanol–water partition coefficient (Wildman–Crippen LogP) is 2.32. The molecule has 2 amide bonds. The molecule has 7 heteroatoms. The van der Waals surface area contributed by atoms with Gasteiger partial charge in [-0.3, -0.25) is 4.68 Å². The summed E-state index contributed by atoms with van der Waals surface area (Å²) in [5.74, 6) is 0.957. The Balaban J connectivity index is 1.57. The number of amides is 2. The fourth-order valence-electron chi connectivity index (χ4n) is 3.15. The molecule has 0 saturated carbocycles. The van der Waals surface area contributed by atoms with Gasteiger partial charge in [-0.05, 0) is 39.3 Å². The average molecular weight is 328 g/mol. The van der Waals surface area contributed by atoms with E-state index in [4.69, 9.17) is 0 Å². The van der Waals surface area contributed by atoms with Crippen molar-refractivity contribution in [1.29, 1.82) is 0 Å². The van der Waals surface area contributed by atoms with Crippen molar-refractivity contribution in [2.45, 2.75) is 39.8 Å². The van der Waals surface area contributed by atoms with Gasteiger partial charge in [-0.15, -0.1) is 0 Å². The van der Waals surface area contributed by atoms with E-state index in [0.29, 0.717) is 0 Å².